The molecule has 1 saturated heterocycles. The van der Waals surface area contributed by atoms with Gasteiger partial charge in [0.2, 0.25) is 10.0 Å². The second-order valence-corrected chi connectivity index (χ2v) is 7.53. The molecule has 0 spiro atoms. The van der Waals surface area contributed by atoms with Crippen LogP contribution in [0.4, 0.5) is 0 Å². The molecule has 0 aromatic carbocycles. The summed E-state index contributed by atoms with van der Waals surface area (Å²) >= 11 is 0. The molecular weight excluding hydrogens is 274 g/mol. The van der Waals surface area contributed by atoms with E-state index in [4.69, 9.17) is 0 Å². The first-order chi connectivity index (χ1) is 9.47. The summed E-state index contributed by atoms with van der Waals surface area (Å²) in [4.78, 5) is 4.12. The third kappa shape index (κ3) is 4.26. The summed E-state index contributed by atoms with van der Waals surface area (Å²) in [6, 6.07) is 4.21. The van der Waals surface area contributed by atoms with E-state index in [9.17, 15) is 8.42 Å². The Morgan fingerprint density at radius 2 is 2.35 bits per heavy atom. The molecule has 1 fully saturated rings. The van der Waals surface area contributed by atoms with Crippen LogP contribution >= 0.6 is 0 Å². The Hall–Kier alpha value is -0.980. The molecule has 1 aliphatic heterocycles. The Kier molecular flexibility index (Phi) is 5.12. The minimum absolute atomic E-state index is 0.234. The molecule has 112 valence electrons. The van der Waals surface area contributed by atoms with Crippen LogP contribution in [-0.2, 0) is 10.0 Å². The molecule has 5 nitrogen and oxygen atoms in total. The predicted molar refractivity (Wildman–Crippen MR) is 79.8 cm³/mol. The Morgan fingerprint density at radius 3 is 3.00 bits per heavy atom. The molecule has 2 atom stereocenters. The van der Waals surface area contributed by atoms with Crippen molar-refractivity contribution in [3.8, 4) is 0 Å². The molecule has 0 bridgehead atoms. The van der Waals surface area contributed by atoms with Gasteiger partial charge in [-0.3, -0.25) is 4.98 Å². The Balaban J connectivity index is 1.85. The Morgan fingerprint density at radius 1 is 1.55 bits per heavy atom. The van der Waals surface area contributed by atoms with Crippen LogP contribution in [0.1, 0.15) is 31.4 Å². The van der Waals surface area contributed by atoms with Gasteiger partial charge in [-0.05, 0) is 43.9 Å². The molecule has 2 heterocycles. The van der Waals surface area contributed by atoms with Gasteiger partial charge in [-0.15, -0.1) is 0 Å². The van der Waals surface area contributed by atoms with E-state index >= 15 is 0 Å². The van der Waals surface area contributed by atoms with Gasteiger partial charge in [-0.25, -0.2) is 12.7 Å². The predicted octanol–water partition coefficient (Wildman–Crippen LogP) is 1.40. The summed E-state index contributed by atoms with van der Waals surface area (Å²) in [6.45, 7) is 4.23. The highest BCUT2D eigenvalue weighted by molar-refractivity contribution is 7.88. The Bertz CT molecular complexity index is 518. The summed E-state index contributed by atoms with van der Waals surface area (Å²) < 4.78 is 24.8. The number of nitrogens with one attached hydrogen (secondary N) is 1. The molecule has 1 aliphatic rings. The van der Waals surface area contributed by atoms with Crippen LogP contribution in [0.25, 0.3) is 0 Å². The maximum Gasteiger partial charge on any atom is 0.211 e. The summed E-state index contributed by atoms with van der Waals surface area (Å²) in [7, 11) is -3.05. The fourth-order valence-corrected chi connectivity index (χ4v) is 3.53. The molecule has 0 aliphatic carbocycles. The smallest absolute Gasteiger partial charge is 0.211 e. The van der Waals surface area contributed by atoms with Gasteiger partial charge in [-0.2, -0.15) is 0 Å². The third-order valence-corrected chi connectivity index (χ3v) is 5.12. The quantitative estimate of drug-likeness (QED) is 0.892. The van der Waals surface area contributed by atoms with Gasteiger partial charge in [0.25, 0.3) is 0 Å². The highest BCUT2D eigenvalue weighted by atomic mass is 32.2. The number of piperidine rings is 1. The van der Waals surface area contributed by atoms with Gasteiger partial charge in [0.05, 0.1) is 6.26 Å². The lowest BCUT2D eigenvalue weighted by molar-refractivity contribution is 0.257. The standard InChI is InChI=1S/C14H23N3O2S/c1-12(14-6-3-7-15-10-14)16-9-13-5-4-8-17(11-13)20(2,18)19/h3,6-7,10,12-13,16H,4-5,8-9,11H2,1-2H3/t12-,13?/m0/s1. The van der Waals surface area contributed by atoms with Crippen LogP contribution in [0.5, 0.6) is 0 Å². The normalized spacial score (nSPS) is 22.6. The molecule has 0 radical (unpaired) electrons. The van der Waals surface area contributed by atoms with E-state index in [1.54, 1.807) is 10.5 Å². The van der Waals surface area contributed by atoms with Crippen molar-refractivity contribution in [3.05, 3.63) is 30.1 Å². The maximum atomic E-state index is 11.6. The first-order valence-corrected chi connectivity index (χ1v) is 8.90. The van der Waals surface area contributed by atoms with Crippen LogP contribution < -0.4 is 5.32 Å². The van der Waals surface area contributed by atoms with E-state index in [0.29, 0.717) is 19.0 Å². The van der Waals surface area contributed by atoms with Gasteiger partial charge in [0.15, 0.2) is 0 Å². The summed E-state index contributed by atoms with van der Waals surface area (Å²) in [5.74, 6) is 0.387. The zero-order valence-corrected chi connectivity index (χ0v) is 12.9. The average Bonchev–Trinajstić information content (AvgIpc) is 2.45. The molecule has 1 unspecified atom stereocenters. The molecule has 6 heteroatoms. The molecular formula is C14H23N3O2S. The second kappa shape index (κ2) is 6.65. The molecule has 1 aromatic heterocycles. The van der Waals surface area contributed by atoms with Crippen molar-refractivity contribution in [2.45, 2.75) is 25.8 Å². The van der Waals surface area contributed by atoms with Crippen molar-refractivity contribution in [1.82, 2.24) is 14.6 Å². The molecule has 1 aromatic rings. The van der Waals surface area contributed by atoms with E-state index in [2.05, 4.69) is 17.2 Å². The lowest BCUT2D eigenvalue weighted by Gasteiger charge is -2.31. The van der Waals surface area contributed by atoms with Crippen LogP contribution in [0, 0.1) is 5.92 Å². The van der Waals surface area contributed by atoms with Crippen molar-refractivity contribution in [1.29, 1.82) is 0 Å². The van der Waals surface area contributed by atoms with Crippen molar-refractivity contribution in [3.63, 3.8) is 0 Å². The summed E-state index contributed by atoms with van der Waals surface area (Å²) in [5, 5.41) is 3.48. The number of nitrogens with zero attached hydrogens (tertiary/aromatic N) is 2. The molecule has 20 heavy (non-hydrogen) atoms. The van der Waals surface area contributed by atoms with Crippen LogP contribution in [0.15, 0.2) is 24.5 Å². The van der Waals surface area contributed by atoms with Gasteiger partial charge < -0.3 is 5.32 Å². The molecule has 2 rings (SSSR count). The molecule has 1 N–H and O–H groups in total. The zero-order valence-electron chi connectivity index (χ0n) is 12.1. The highest BCUT2D eigenvalue weighted by Gasteiger charge is 2.25. The summed E-state index contributed by atoms with van der Waals surface area (Å²) in [6.07, 6.45) is 6.95. The SMILES string of the molecule is C[C@H](NCC1CCCN(S(C)(=O)=O)C1)c1cccnc1. The van der Waals surface area contributed by atoms with E-state index in [0.717, 1.165) is 24.9 Å². The lowest BCUT2D eigenvalue weighted by Crippen LogP contribution is -2.42. The fourth-order valence-electron chi connectivity index (χ4n) is 2.59. The number of aromatic nitrogens is 1. The number of pyridine rings is 1. The highest BCUT2D eigenvalue weighted by Crippen LogP contribution is 2.19. The number of sulfonamides is 1. The Labute approximate surface area is 121 Å². The number of hydrogen-bond donors (Lipinski definition) is 1. The van der Waals surface area contributed by atoms with Crippen LogP contribution in [0.3, 0.4) is 0 Å². The third-order valence-electron chi connectivity index (χ3n) is 3.85. The van der Waals surface area contributed by atoms with E-state index in [1.807, 2.05) is 18.3 Å². The first-order valence-electron chi connectivity index (χ1n) is 7.05. The fraction of sp³-hybridized carbons (Fsp3) is 0.643. The summed E-state index contributed by atoms with van der Waals surface area (Å²) in [5.41, 5.74) is 1.16. The average molecular weight is 297 g/mol. The number of rotatable bonds is 5. The van der Waals surface area contributed by atoms with E-state index in [1.165, 1.54) is 6.26 Å². The van der Waals surface area contributed by atoms with Crippen LogP contribution in [0.2, 0.25) is 0 Å². The van der Waals surface area contributed by atoms with E-state index < -0.39 is 10.0 Å². The zero-order chi connectivity index (χ0) is 14.6. The first kappa shape index (κ1) is 15.4. The van der Waals surface area contributed by atoms with Crippen molar-refractivity contribution < 1.29 is 8.42 Å². The van der Waals surface area contributed by atoms with E-state index in [-0.39, 0.29) is 6.04 Å². The number of hydrogen-bond acceptors (Lipinski definition) is 4. The molecule has 0 saturated carbocycles. The van der Waals surface area contributed by atoms with Gasteiger partial charge in [0.1, 0.15) is 0 Å². The van der Waals surface area contributed by atoms with Gasteiger partial charge in [0, 0.05) is 31.5 Å². The maximum absolute atomic E-state index is 11.6. The van der Waals surface area contributed by atoms with Crippen molar-refractivity contribution >= 4 is 10.0 Å². The minimum atomic E-state index is -3.05. The largest absolute Gasteiger partial charge is 0.310 e. The molecule has 0 amide bonds. The van der Waals surface area contributed by atoms with Crippen molar-refractivity contribution in [2.24, 2.45) is 5.92 Å². The lowest BCUT2D eigenvalue weighted by atomic mass is 9.99. The van der Waals surface area contributed by atoms with Gasteiger partial charge >= 0.3 is 0 Å². The minimum Gasteiger partial charge on any atom is -0.310 e. The van der Waals surface area contributed by atoms with Gasteiger partial charge in [-0.1, -0.05) is 6.07 Å². The monoisotopic (exact) mass is 297 g/mol. The van der Waals surface area contributed by atoms with Crippen LogP contribution in [-0.4, -0.2) is 43.6 Å². The van der Waals surface area contributed by atoms with Crippen molar-refractivity contribution in [2.75, 3.05) is 25.9 Å². The topological polar surface area (TPSA) is 62.3 Å². The second-order valence-electron chi connectivity index (χ2n) is 5.55.